The molecule has 188 valence electrons. The first-order chi connectivity index (χ1) is 18.1. The Balaban J connectivity index is 1.37. The summed E-state index contributed by atoms with van der Waals surface area (Å²) in [5.74, 6) is 3.10. The van der Waals surface area contributed by atoms with Crippen LogP contribution >= 0.6 is 0 Å². The van der Waals surface area contributed by atoms with Crippen LogP contribution in [0.1, 0.15) is 42.6 Å². The van der Waals surface area contributed by atoms with Crippen LogP contribution in [0.3, 0.4) is 0 Å². The van der Waals surface area contributed by atoms with E-state index in [1.54, 1.807) is 32.9 Å². The lowest BCUT2D eigenvalue weighted by Crippen LogP contribution is -2.06. The summed E-state index contributed by atoms with van der Waals surface area (Å²) >= 11 is 0. The molecule has 1 aliphatic rings. The normalized spacial score (nSPS) is 13.3. The first-order valence-electron chi connectivity index (χ1n) is 12.4. The molecule has 4 aromatic heterocycles. The number of hydrogen-bond acceptors (Lipinski definition) is 8. The largest absolute Gasteiger partial charge is 0.496 e. The van der Waals surface area contributed by atoms with E-state index in [0.29, 0.717) is 24.2 Å². The molecule has 1 fully saturated rings. The SMILES string of the molecule is CCn1cc(C)nc1-c1ccc(Cn2ncc3cnc(-c4c(OC)ncnc4C4CC4)nc32)cc1OC. The quantitative estimate of drug-likeness (QED) is 0.311. The van der Waals surface area contributed by atoms with Gasteiger partial charge in [-0.15, -0.1) is 0 Å². The number of aryl methyl sites for hydroxylation is 2. The van der Waals surface area contributed by atoms with Gasteiger partial charge in [0.25, 0.3) is 0 Å². The highest BCUT2D eigenvalue weighted by Gasteiger charge is 2.31. The Kier molecular flexibility index (Phi) is 5.78. The van der Waals surface area contributed by atoms with Crippen molar-refractivity contribution >= 4 is 11.0 Å². The molecule has 0 spiro atoms. The number of rotatable bonds is 8. The fraction of sp³-hybridized carbons (Fsp3) is 0.333. The molecule has 1 saturated carbocycles. The van der Waals surface area contributed by atoms with Crippen LogP contribution in [0, 0.1) is 6.92 Å². The van der Waals surface area contributed by atoms with Gasteiger partial charge in [-0.05, 0) is 44.4 Å². The van der Waals surface area contributed by atoms with Crippen molar-refractivity contribution in [2.75, 3.05) is 14.2 Å². The Morgan fingerprint density at radius 1 is 1.03 bits per heavy atom. The van der Waals surface area contributed by atoms with Crippen LogP contribution in [0.25, 0.3) is 33.8 Å². The summed E-state index contributed by atoms with van der Waals surface area (Å²) in [6, 6.07) is 6.17. The first kappa shape index (κ1) is 23.1. The minimum atomic E-state index is 0.397. The Morgan fingerprint density at radius 2 is 1.89 bits per heavy atom. The van der Waals surface area contributed by atoms with Crippen LogP contribution in [0.2, 0.25) is 0 Å². The van der Waals surface area contributed by atoms with Crippen LogP contribution < -0.4 is 9.47 Å². The molecule has 0 amide bonds. The summed E-state index contributed by atoms with van der Waals surface area (Å²) in [5, 5.41) is 5.46. The van der Waals surface area contributed by atoms with Gasteiger partial charge >= 0.3 is 0 Å². The van der Waals surface area contributed by atoms with Crippen LogP contribution in [-0.2, 0) is 13.1 Å². The molecule has 0 saturated heterocycles. The molecule has 4 heterocycles. The van der Waals surface area contributed by atoms with Crippen molar-refractivity contribution in [1.82, 2.24) is 39.3 Å². The Morgan fingerprint density at radius 3 is 2.65 bits per heavy atom. The van der Waals surface area contributed by atoms with Gasteiger partial charge in [0.1, 0.15) is 23.5 Å². The summed E-state index contributed by atoms with van der Waals surface area (Å²) in [4.78, 5) is 23.1. The van der Waals surface area contributed by atoms with Gasteiger partial charge in [0.15, 0.2) is 11.5 Å². The lowest BCUT2D eigenvalue weighted by Gasteiger charge is -2.13. The summed E-state index contributed by atoms with van der Waals surface area (Å²) in [7, 11) is 3.29. The van der Waals surface area contributed by atoms with Gasteiger partial charge in [0.05, 0.1) is 49.3 Å². The van der Waals surface area contributed by atoms with Gasteiger partial charge in [-0.1, -0.05) is 6.07 Å². The second kappa shape index (κ2) is 9.27. The van der Waals surface area contributed by atoms with Crippen LogP contribution in [0.5, 0.6) is 11.6 Å². The molecule has 5 aromatic rings. The average molecular weight is 497 g/mol. The molecule has 1 aliphatic carbocycles. The molecule has 37 heavy (non-hydrogen) atoms. The van der Waals surface area contributed by atoms with Crippen molar-refractivity contribution in [3.05, 3.63) is 60.1 Å². The van der Waals surface area contributed by atoms with Gasteiger partial charge in [-0.25, -0.2) is 29.6 Å². The molecule has 0 atom stereocenters. The van der Waals surface area contributed by atoms with Crippen LogP contribution in [0.4, 0.5) is 0 Å². The maximum Gasteiger partial charge on any atom is 0.227 e. The molecule has 10 nitrogen and oxygen atoms in total. The van der Waals surface area contributed by atoms with Crippen molar-refractivity contribution in [2.24, 2.45) is 0 Å². The van der Waals surface area contributed by atoms with E-state index in [0.717, 1.165) is 70.1 Å². The number of hydrogen-bond donors (Lipinski definition) is 0. The molecule has 0 radical (unpaired) electrons. The second-order valence-electron chi connectivity index (χ2n) is 9.22. The van der Waals surface area contributed by atoms with Crippen molar-refractivity contribution in [1.29, 1.82) is 0 Å². The minimum absolute atomic E-state index is 0.397. The number of benzene rings is 1. The number of aromatic nitrogens is 8. The highest BCUT2D eigenvalue weighted by molar-refractivity contribution is 5.77. The third-order valence-electron chi connectivity index (χ3n) is 6.68. The average Bonchev–Trinajstić information content (AvgIpc) is 3.61. The van der Waals surface area contributed by atoms with Crippen molar-refractivity contribution < 1.29 is 9.47 Å². The predicted molar refractivity (Wildman–Crippen MR) is 139 cm³/mol. The number of fused-ring (bicyclic) bond motifs is 1. The highest BCUT2D eigenvalue weighted by atomic mass is 16.5. The molecule has 1 aromatic carbocycles. The molecule has 0 N–H and O–H groups in total. The zero-order valence-electron chi connectivity index (χ0n) is 21.3. The smallest absolute Gasteiger partial charge is 0.227 e. The fourth-order valence-corrected chi connectivity index (χ4v) is 4.71. The molecule has 10 heteroatoms. The van der Waals surface area contributed by atoms with Gasteiger partial charge < -0.3 is 14.0 Å². The van der Waals surface area contributed by atoms with Crippen molar-refractivity contribution in [3.8, 4) is 34.4 Å². The molecule has 6 rings (SSSR count). The minimum Gasteiger partial charge on any atom is -0.496 e. The highest BCUT2D eigenvalue weighted by Crippen LogP contribution is 2.44. The van der Waals surface area contributed by atoms with E-state index in [4.69, 9.17) is 19.4 Å². The lowest BCUT2D eigenvalue weighted by molar-refractivity contribution is 0.397. The van der Waals surface area contributed by atoms with E-state index < -0.39 is 0 Å². The molecule has 0 unspecified atom stereocenters. The van der Waals surface area contributed by atoms with Gasteiger partial charge in [0, 0.05) is 24.9 Å². The van der Waals surface area contributed by atoms with Crippen LogP contribution in [-0.4, -0.2) is 53.5 Å². The fourth-order valence-electron chi connectivity index (χ4n) is 4.71. The molecule has 0 bridgehead atoms. The Bertz CT molecular complexity index is 1600. The first-order valence-corrected chi connectivity index (χ1v) is 12.4. The molecular weight excluding hydrogens is 468 g/mol. The summed E-state index contributed by atoms with van der Waals surface area (Å²) < 4.78 is 15.3. The van der Waals surface area contributed by atoms with E-state index >= 15 is 0 Å². The second-order valence-corrected chi connectivity index (χ2v) is 9.22. The van der Waals surface area contributed by atoms with Crippen molar-refractivity contribution in [3.63, 3.8) is 0 Å². The van der Waals surface area contributed by atoms with E-state index in [9.17, 15) is 0 Å². The van der Waals surface area contributed by atoms with Gasteiger partial charge in [0.2, 0.25) is 5.88 Å². The summed E-state index contributed by atoms with van der Waals surface area (Å²) in [6.45, 7) is 5.47. The topological polar surface area (TPSA) is 106 Å². The number of ether oxygens (including phenoxy) is 2. The van der Waals surface area contributed by atoms with Gasteiger partial charge in [-0.3, -0.25) is 0 Å². The zero-order chi connectivity index (χ0) is 25.5. The van der Waals surface area contributed by atoms with Crippen LogP contribution in [0.15, 0.2) is 43.1 Å². The Labute approximate surface area is 214 Å². The molecule has 0 aliphatic heterocycles. The maximum atomic E-state index is 5.76. The summed E-state index contributed by atoms with van der Waals surface area (Å²) in [5.41, 5.74) is 5.41. The number of nitrogens with zero attached hydrogens (tertiary/aromatic N) is 8. The third-order valence-corrected chi connectivity index (χ3v) is 6.68. The lowest BCUT2D eigenvalue weighted by atomic mass is 10.1. The number of methoxy groups -OCH3 is 2. The van der Waals surface area contributed by atoms with Crippen molar-refractivity contribution in [2.45, 2.75) is 45.7 Å². The monoisotopic (exact) mass is 496 g/mol. The van der Waals surface area contributed by atoms with E-state index in [1.807, 2.05) is 17.7 Å². The third kappa shape index (κ3) is 4.18. The van der Waals surface area contributed by atoms with E-state index in [1.165, 1.54) is 0 Å². The summed E-state index contributed by atoms with van der Waals surface area (Å²) in [6.07, 6.45) is 9.38. The Hall–Kier alpha value is -4.34. The standard InChI is InChI=1S/C27H28N8O2/c1-5-34-13-16(2)32-26(34)20-9-6-17(10-21(20)36-3)14-35-25-19(12-31-35)11-28-24(33-25)22-23(18-7-8-18)29-15-30-27(22)37-4/h6,9-13,15,18H,5,7-8,14H2,1-4H3. The van der Waals surface area contributed by atoms with E-state index in [2.05, 4.69) is 49.9 Å². The van der Waals surface area contributed by atoms with Gasteiger partial charge in [-0.2, -0.15) is 5.10 Å². The zero-order valence-corrected chi connectivity index (χ0v) is 21.3. The molecular formula is C27H28N8O2. The maximum absolute atomic E-state index is 5.76. The van der Waals surface area contributed by atoms with E-state index in [-0.39, 0.29) is 0 Å². The number of imidazole rings is 1. The predicted octanol–water partition coefficient (Wildman–Crippen LogP) is 4.42.